The van der Waals surface area contributed by atoms with Crippen LogP contribution < -0.4 is 0 Å². The van der Waals surface area contributed by atoms with Gasteiger partial charge in [0, 0.05) is 50.4 Å². The van der Waals surface area contributed by atoms with Gasteiger partial charge in [-0.15, -0.1) is 0 Å². The quantitative estimate of drug-likeness (QED) is 0.662. The fraction of sp³-hybridized carbons (Fsp3) is 0.778. The van der Waals surface area contributed by atoms with Crippen LogP contribution in [0.2, 0.25) is 0 Å². The average molecular weight is 455 g/mol. The van der Waals surface area contributed by atoms with Crippen molar-refractivity contribution in [3.05, 3.63) is 35.2 Å². The molecule has 0 aromatic carbocycles. The van der Waals surface area contributed by atoms with E-state index in [1.807, 2.05) is 13.8 Å². The van der Waals surface area contributed by atoms with Crippen molar-refractivity contribution in [3.8, 4) is 0 Å². The summed E-state index contributed by atoms with van der Waals surface area (Å²) in [4.78, 5) is 10.0. The maximum Gasteiger partial charge on any atom is 0.123 e. The van der Waals surface area contributed by atoms with Gasteiger partial charge in [0.05, 0.1) is 30.2 Å². The second-order valence-electron chi connectivity index (χ2n) is 11.1. The molecule has 6 heteroatoms. The molecule has 2 fully saturated rings. The summed E-state index contributed by atoms with van der Waals surface area (Å²) in [7, 11) is 0. The molecule has 2 aliphatic carbocycles. The number of nitrogens with zero attached hydrogens (tertiary/aromatic N) is 6. The van der Waals surface area contributed by atoms with Gasteiger partial charge < -0.3 is 4.57 Å². The number of hydrogen-bond donors (Lipinski definition) is 0. The molecule has 0 unspecified atom stereocenters. The Morgan fingerprint density at radius 1 is 0.970 bits per heavy atom. The second-order valence-corrected chi connectivity index (χ2v) is 11.1. The second kappa shape index (κ2) is 10.3. The molecule has 6 nitrogen and oxygen atoms in total. The molecule has 33 heavy (non-hydrogen) atoms. The summed E-state index contributed by atoms with van der Waals surface area (Å²) >= 11 is 0. The van der Waals surface area contributed by atoms with E-state index in [1.165, 1.54) is 68.2 Å². The summed E-state index contributed by atoms with van der Waals surface area (Å²) in [5.74, 6) is 2.25. The molecule has 0 saturated heterocycles. The average Bonchev–Trinajstić information content (AvgIpc) is 3.73. The Balaban J connectivity index is 0.000000148. The van der Waals surface area contributed by atoms with E-state index in [0.717, 1.165) is 44.6 Å². The smallest absolute Gasteiger partial charge is 0.123 e. The number of hydrogen-bond acceptors (Lipinski definition) is 4. The SMILES string of the molecule is CC.CC(C)(C)c1cn2c(n1)CN(CC1CC1)CC2.CCc1cc2n(n1)CCN(C1CC1)C2. The van der Waals surface area contributed by atoms with Crippen LogP contribution in [0.3, 0.4) is 0 Å². The van der Waals surface area contributed by atoms with Gasteiger partial charge in [-0.1, -0.05) is 41.5 Å². The van der Waals surface area contributed by atoms with Gasteiger partial charge in [0.2, 0.25) is 0 Å². The third kappa shape index (κ3) is 6.27. The molecule has 0 bridgehead atoms. The third-order valence-electron chi connectivity index (χ3n) is 7.17. The molecule has 0 spiro atoms. The van der Waals surface area contributed by atoms with Crippen LogP contribution in [-0.2, 0) is 38.0 Å². The summed E-state index contributed by atoms with van der Waals surface area (Å²) in [6, 6.07) is 3.16. The molecule has 2 aromatic rings. The number of aromatic nitrogens is 4. The molecule has 2 aromatic heterocycles. The maximum atomic E-state index is 4.82. The van der Waals surface area contributed by atoms with Crippen molar-refractivity contribution >= 4 is 0 Å². The Bertz CT molecular complexity index is 896. The van der Waals surface area contributed by atoms with Gasteiger partial charge in [-0.25, -0.2) is 4.98 Å². The van der Waals surface area contributed by atoms with E-state index in [0.29, 0.717) is 0 Å². The largest absolute Gasteiger partial charge is 0.332 e. The first-order valence-corrected chi connectivity index (χ1v) is 13.5. The fourth-order valence-electron chi connectivity index (χ4n) is 4.76. The zero-order valence-corrected chi connectivity index (χ0v) is 22.0. The van der Waals surface area contributed by atoms with Crippen LogP contribution in [0, 0.1) is 5.92 Å². The molecule has 0 radical (unpaired) electrons. The van der Waals surface area contributed by atoms with Crippen molar-refractivity contribution in [1.29, 1.82) is 0 Å². The predicted octanol–water partition coefficient (Wildman–Crippen LogP) is 4.86. The number of fused-ring (bicyclic) bond motifs is 2. The Morgan fingerprint density at radius 2 is 1.73 bits per heavy atom. The monoisotopic (exact) mass is 454 g/mol. The predicted molar refractivity (Wildman–Crippen MR) is 135 cm³/mol. The minimum atomic E-state index is 0.172. The summed E-state index contributed by atoms with van der Waals surface area (Å²) in [5.41, 5.74) is 4.07. The molecular weight excluding hydrogens is 408 g/mol. The number of imidazole rings is 1. The minimum absolute atomic E-state index is 0.172. The highest BCUT2D eigenvalue weighted by Crippen LogP contribution is 2.31. The molecule has 0 amide bonds. The molecule has 4 aliphatic rings. The zero-order chi connectivity index (χ0) is 23.6. The Kier molecular flexibility index (Phi) is 7.64. The number of rotatable bonds is 4. The Labute approximate surface area is 201 Å². The van der Waals surface area contributed by atoms with Crippen LogP contribution in [0.4, 0.5) is 0 Å². The molecule has 184 valence electrons. The standard InChI is InChI=1S/C14H23N3.C11H17N3.C2H6/c1-14(2,3)12-9-17-7-6-16(8-11-4-5-11)10-13(17)15-12;1-2-9-7-11-8-13(10-3-4-10)5-6-14(11)12-9;1-2/h9,11H,4-8,10H2,1-3H3;7,10H,2-6,8H2,1H3;1-2H3. The van der Waals surface area contributed by atoms with Crippen molar-refractivity contribution in [3.63, 3.8) is 0 Å². The molecule has 2 aliphatic heterocycles. The Hall–Kier alpha value is -1.66. The topological polar surface area (TPSA) is 42.1 Å². The van der Waals surface area contributed by atoms with Crippen LogP contribution in [-0.4, -0.2) is 54.8 Å². The van der Waals surface area contributed by atoms with E-state index >= 15 is 0 Å². The van der Waals surface area contributed by atoms with E-state index in [2.05, 4.69) is 64.1 Å². The Morgan fingerprint density at radius 3 is 2.36 bits per heavy atom. The molecule has 6 rings (SSSR count). The van der Waals surface area contributed by atoms with Gasteiger partial charge >= 0.3 is 0 Å². The minimum Gasteiger partial charge on any atom is -0.332 e. The highest BCUT2D eigenvalue weighted by Gasteiger charge is 2.31. The van der Waals surface area contributed by atoms with Crippen molar-refractivity contribution in [1.82, 2.24) is 29.1 Å². The lowest BCUT2D eigenvalue weighted by atomic mass is 9.93. The molecule has 4 heterocycles. The van der Waals surface area contributed by atoms with Crippen LogP contribution >= 0.6 is 0 Å². The highest BCUT2D eigenvalue weighted by atomic mass is 15.3. The van der Waals surface area contributed by atoms with Crippen molar-refractivity contribution in [2.45, 2.75) is 111 Å². The molecular formula is C27H46N6. The maximum absolute atomic E-state index is 4.82. The first-order chi connectivity index (χ1) is 15.9. The van der Waals surface area contributed by atoms with Crippen molar-refractivity contribution in [2.75, 3.05) is 19.6 Å². The first-order valence-electron chi connectivity index (χ1n) is 13.5. The van der Waals surface area contributed by atoms with Gasteiger partial charge in [-0.05, 0) is 44.1 Å². The molecule has 2 saturated carbocycles. The van der Waals surface area contributed by atoms with Crippen molar-refractivity contribution < 1.29 is 0 Å². The van der Waals surface area contributed by atoms with Crippen LogP contribution in [0.15, 0.2) is 12.3 Å². The normalized spacial score (nSPS) is 20.8. The van der Waals surface area contributed by atoms with E-state index < -0.39 is 0 Å². The number of aryl methyl sites for hydroxylation is 1. The van der Waals surface area contributed by atoms with Crippen LogP contribution in [0.25, 0.3) is 0 Å². The lowest BCUT2D eigenvalue weighted by molar-refractivity contribution is 0.204. The summed E-state index contributed by atoms with van der Waals surface area (Å²) in [5, 5.41) is 4.57. The van der Waals surface area contributed by atoms with Gasteiger partial charge in [0.1, 0.15) is 5.82 Å². The van der Waals surface area contributed by atoms with Crippen LogP contribution in [0.5, 0.6) is 0 Å². The van der Waals surface area contributed by atoms with E-state index in [4.69, 9.17) is 4.98 Å². The lowest BCUT2D eigenvalue weighted by Gasteiger charge is -2.27. The van der Waals surface area contributed by atoms with Crippen LogP contribution in [0.1, 0.15) is 90.1 Å². The van der Waals surface area contributed by atoms with E-state index in [9.17, 15) is 0 Å². The summed E-state index contributed by atoms with van der Waals surface area (Å²) < 4.78 is 4.54. The fourth-order valence-corrected chi connectivity index (χ4v) is 4.76. The molecule has 0 N–H and O–H groups in total. The van der Waals surface area contributed by atoms with Gasteiger partial charge in [0.15, 0.2) is 0 Å². The third-order valence-corrected chi connectivity index (χ3v) is 7.17. The van der Waals surface area contributed by atoms with Gasteiger partial charge in [0.25, 0.3) is 0 Å². The summed E-state index contributed by atoms with van der Waals surface area (Å²) in [6.07, 6.45) is 9.02. The lowest BCUT2D eigenvalue weighted by Crippen LogP contribution is -2.35. The zero-order valence-electron chi connectivity index (χ0n) is 22.0. The van der Waals surface area contributed by atoms with Crippen molar-refractivity contribution in [2.24, 2.45) is 5.92 Å². The van der Waals surface area contributed by atoms with Gasteiger partial charge in [-0.2, -0.15) is 5.10 Å². The van der Waals surface area contributed by atoms with E-state index in [1.54, 1.807) is 0 Å². The summed E-state index contributed by atoms with van der Waals surface area (Å²) in [6.45, 7) is 21.0. The highest BCUT2D eigenvalue weighted by molar-refractivity contribution is 5.14. The van der Waals surface area contributed by atoms with E-state index in [-0.39, 0.29) is 5.41 Å². The molecule has 0 atom stereocenters. The van der Waals surface area contributed by atoms with Gasteiger partial charge in [-0.3, -0.25) is 14.5 Å². The first kappa shape index (κ1) is 24.5.